The summed E-state index contributed by atoms with van der Waals surface area (Å²) in [4.78, 5) is 2.70. The zero-order chi connectivity index (χ0) is 9.86. The van der Waals surface area contributed by atoms with Crippen LogP contribution in [0, 0.1) is 0 Å². The molecular weight excluding hydrogens is 174 g/mol. The van der Waals surface area contributed by atoms with Crippen molar-refractivity contribution in [2.45, 2.75) is 50.5 Å². The van der Waals surface area contributed by atoms with Gasteiger partial charge in [0.15, 0.2) is 0 Å². The summed E-state index contributed by atoms with van der Waals surface area (Å²) in [5, 5.41) is 0. The van der Waals surface area contributed by atoms with Gasteiger partial charge >= 0.3 is 0 Å². The fourth-order valence-electron chi connectivity index (χ4n) is 3.20. The fourth-order valence-corrected chi connectivity index (χ4v) is 3.20. The van der Waals surface area contributed by atoms with Crippen LogP contribution in [0.3, 0.4) is 0 Å². The standard InChI is InChI=1S/C11H23N3/c12-13-10-11(6-2-3-7-11)14-8-4-1-5-9-14/h13H,1-10,12H2. The third-order valence-electron chi connectivity index (χ3n) is 3.99. The summed E-state index contributed by atoms with van der Waals surface area (Å²) in [5.41, 5.74) is 3.32. The van der Waals surface area contributed by atoms with Crippen molar-refractivity contribution in [1.82, 2.24) is 10.3 Å². The molecule has 1 aliphatic heterocycles. The molecule has 0 amide bonds. The number of hydrogen-bond donors (Lipinski definition) is 2. The van der Waals surface area contributed by atoms with Gasteiger partial charge in [-0.05, 0) is 38.8 Å². The molecule has 0 aromatic heterocycles. The lowest BCUT2D eigenvalue weighted by Crippen LogP contribution is -2.55. The topological polar surface area (TPSA) is 41.3 Å². The normalized spacial score (nSPS) is 28.1. The van der Waals surface area contributed by atoms with Gasteiger partial charge in [-0.15, -0.1) is 0 Å². The lowest BCUT2D eigenvalue weighted by molar-refractivity contribution is 0.0700. The minimum absolute atomic E-state index is 0.412. The molecule has 3 nitrogen and oxygen atoms in total. The van der Waals surface area contributed by atoms with Crippen LogP contribution in [-0.2, 0) is 0 Å². The van der Waals surface area contributed by atoms with Gasteiger partial charge in [-0.25, -0.2) is 0 Å². The van der Waals surface area contributed by atoms with Crippen LogP contribution < -0.4 is 11.3 Å². The van der Waals surface area contributed by atoms with Crippen LogP contribution >= 0.6 is 0 Å². The first-order valence-electron chi connectivity index (χ1n) is 6.06. The summed E-state index contributed by atoms with van der Waals surface area (Å²) in [6, 6.07) is 0. The number of hydrogen-bond acceptors (Lipinski definition) is 3. The maximum absolute atomic E-state index is 5.52. The highest BCUT2D eigenvalue weighted by Gasteiger charge is 2.39. The lowest BCUT2D eigenvalue weighted by Gasteiger charge is -2.43. The van der Waals surface area contributed by atoms with E-state index < -0.39 is 0 Å². The highest BCUT2D eigenvalue weighted by molar-refractivity contribution is 4.96. The summed E-state index contributed by atoms with van der Waals surface area (Å²) >= 11 is 0. The smallest absolute Gasteiger partial charge is 0.0347 e. The molecule has 1 saturated carbocycles. The first-order chi connectivity index (χ1) is 6.87. The van der Waals surface area contributed by atoms with Crippen LogP contribution in [0.5, 0.6) is 0 Å². The average Bonchev–Trinajstić information content (AvgIpc) is 2.70. The molecule has 0 radical (unpaired) electrons. The van der Waals surface area contributed by atoms with E-state index in [4.69, 9.17) is 5.84 Å². The SMILES string of the molecule is NNCC1(N2CCCCC2)CCCC1. The average molecular weight is 197 g/mol. The van der Waals surface area contributed by atoms with Gasteiger partial charge in [0, 0.05) is 12.1 Å². The largest absolute Gasteiger partial charge is 0.296 e. The molecule has 0 aromatic carbocycles. The van der Waals surface area contributed by atoms with E-state index in [0.717, 1.165) is 6.54 Å². The van der Waals surface area contributed by atoms with Crippen molar-refractivity contribution < 1.29 is 0 Å². The van der Waals surface area contributed by atoms with E-state index in [0.29, 0.717) is 5.54 Å². The fraction of sp³-hybridized carbons (Fsp3) is 1.00. The maximum atomic E-state index is 5.52. The molecule has 14 heavy (non-hydrogen) atoms. The molecule has 0 unspecified atom stereocenters. The monoisotopic (exact) mass is 197 g/mol. The second kappa shape index (κ2) is 4.60. The van der Waals surface area contributed by atoms with Crippen LogP contribution in [0.25, 0.3) is 0 Å². The van der Waals surface area contributed by atoms with Crippen LogP contribution in [0.4, 0.5) is 0 Å². The lowest BCUT2D eigenvalue weighted by atomic mass is 9.92. The molecule has 82 valence electrons. The minimum atomic E-state index is 0.412. The zero-order valence-electron chi connectivity index (χ0n) is 9.10. The summed E-state index contributed by atoms with van der Waals surface area (Å²) in [6.07, 6.45) is 9.64. The third-order valence-corrected chi connectivity index (χ3v) is 3.99. The second-order valence-electron chi connectivity index (χ2n) is 4.86. The van der Waals surface area contributed by atoms with E-state index in [1.165, 1.54) is 58.0 Å². The molecule has 0 aromatic rings. The summed E-state index contributed by atoms with van der Waals surface area (Å²) < 4.78 is 0. The van der Waals surface area contributed by atoms with Crippen LogP contribution in [0.2, 0.25) is 0 Å². The molecule has 2 aliphatic rings. The van der Waals surface area contributed by atoms with Crippen molar-refractivity contribution in [1.29, 1.82) is 0 Å². The number of nitrogens with zero attached hydrogens (tertiary/aromatic N) is 1. The molecule has 0 bridgehead atoms. The Morgan fingerprint density at radius 3 is 2.21 bits per heavy atom. The van der Waals surface area contributed by atoms with Crippen molar-refractivity contribution in [2.24, 2.45) is 5.84 Å². The summed E-state index contributed by atoms with van der Waals surface area (Å²) in [6.45, 7) is 3.57. The Morgan fingerprint density at radius 2 is 1.64 bits per heavy atom. The Morgan fingerprint density at radius 1 is 1.00 bits per heavy atom. The predicted octanol–water partition coefficient (Wildman–Crippen LogP) is 1.25. The van der Waals surface area contributed by atoms with E-state index in [-0.39, 0.29) is 0 Å². The Hall–Kier alpha value is -0.120. The molecule has 2 fully saturated rings. The third kappa shape index (κ3) is 1.95. The molecule has 0 atom stereocenters. The van der Waals surface area contributed by atoms with E-state index in [1.807, 2.05) is 0 Å². The second-order valence-corrected chi connectivity index (χ2v) is 4.86. The van der Waals surface area contributed by atoms with Crippen molar-refractivity contribution >= 4 is 0 Å². The van der Waals surface area contributed by atoms with Gasteiger partial charge in [0.05, 0.1) is 0 Å². The quantitative estimate of drug-likeness (QED) is 0.528. The van der Waals surface area contributed by atoms with Crippen LogP contribution in [-0.4, -0.2) is 30.1 Å². The van der Waals surface area contributed by atoms with Gasteiger partial charge in [-0.3, -0.25) is 16.2 Å². The van der Waals surface area contributed by atoms with Crippen molar-refractivity contribution in [2.75, 3.05) is 19.6 Å². The molecule has 1 heterocycles. The Bertz CT molecular complexity index is 169. The molecule has 3 N–H and O–H groups in total. The van der Waals surface area contributed by atoms with Crippen molar-refractivity contribution in [3.63, 3.8) is 0 Å². The molecule has 1 saturated heterocycles. The van der Waals surface area contributed by atoms with Gasteiger partial charge in [0.25, 0.3) is 0 Å². The van der Waals surface area contributed by atoms with E-state index in [2.05, 4.69) is 10.3 Å². The molecule has 1 aliphatic carbocycles. The number of likely N-dealkylation sites (tertiary alicyclic amines) is 1. The highest BCUT2D eigenvalue weighted by Crippen LogP contribution is 2.36. The Kier molecular flexibility index (Phi) is 3.42. The Labute approximate surface area is 87.0 Å². The van der Waals surface area contributed by atoms with Gasteiger partial charge < -0.3 is 0 Å². The van der Waals surface area contributed by atoms with E-state index >= 15 is 0 Å². The summed E-state index contributed by atoms with van der Waals surface area (Å²) in [5.74, 6) is 5.52. The van der Waals surface area contributed by atoms with Gasteiger partial charge in [-0.2, -0.15) is 0 Å². The molecule has 2 rings (SSSR count). The number of rotatable bonds is 3. The van der Waals surface area contributed by atoms with Crippen LogP contribution in [0.1, 0.15) is 44.9 Å². The highest BCUT2D eigenvalue weighted by atomic mass is 15.3. The first kappa shape index (κ1) is 10.4. The van der Waals surface area contributed by atoms with Crippen molar-refractivity contribution in [3.8, 4) is 0 Å². The number of nitrogens with one attached hydrogen (secondary N) is 1. The van der Waals surface area contributed by atoms with E-state index in [9.17, 15) is 0 Å². The number of piperidine rings is 1. The van der Waals surface area contributed by atoms with Gasteiger partial charge in [0.2, 0.25) is 0 Å². The predicted molar refractivity (Wildman–Crippen MR) is 58.8 cm³/mol. The maximum Gasteiger partial charge on any atom is 0.0347 e. The number of nitrogens with two attached hydrogens (primary N) is 1. The summed E-state index contributed by atoms with van der Waals surface area (Å²) in [7, 11) is 0. The molecular formula is C11H23N3. The van der Waals surface area contributed by atoms with Gasteiger partial charge in [-0.1, -0.05) is 19.3 Å². The van der Waals surface area contributed by atoms with Crippen molar-refractivity contribution in [3.05, 3.63) is 0 Å². The van der Waals surface area contributed by atoms with E-state index in [1.54, 1.807) is 0 Å². The molecule has 0 spiro atoms. The minimum Gasteiger partial charge on any atom is -0.296 e. The first-order valence-corrected chi connectivity index (χ1v) is 6.06. The van der Waals surface area contributed by atoms with Gasteiger partial charge in [0.1, 0.15) is 0 Å². The zero-order valence-corrected chi connectivity index (χ0v) is 9.10. The Balaban J connectivity index is 2.00. The number of hydrazine groups is 1. The van der Waals surface area contributed by atoms with Crippen LogP contribution in [0.15, 0.2) is 0 Å². The molecule has 3 heteroatoms.